The maximum Gasteiger partial charge on any atom is 0.248 e. The van der Waals surface area contributed by atoms with E-state index in [1.165, 1.54) is 12.8 Å². The van der Waals surface area contributed by atoms with Gasteiger partial charge in [0.25, 0.3) is 0 Å². The van der Waals surface area contributed by atoms with E-state index in [1.807, 2.05) is 18.7 Å². The summed E-state index contributed by atoms with van der Waals surface area (Å²) in [6.07, 6.45) is 8.30. The highest BCUT2D eigenvalue weighted by Crippen LogP contribution is 2.22. The van der Waals surface area contributed by atoms with Gasteiger partial charge in [0, 0.05) is 25.7 Å². The van der Waals surface area contributed by atoms with Crippen molar-refractivity contribution >= 4 is 11.8 Å². The molecule has 2 rings (SSSR count). The van der Waals surface area contributed by atoms with Gasteiger partial charge in [-0.2, -0.15) is 0 Å². The van der Waals surface area contributed by atoms with Crippen molar-refractivity contribution in [3.05, 3.63) is 17.8 Å². The number of carbonyl (C=O) groups excluding carboxylic acids is 2. The Morgan fingerprint density at radius 2 is 1.96 bits per heavy atom. The van der Waals surface area contributed by atoms with E-state index in [0.29, 0.717) is 31.3 Å². The molecule has 2 amide bonds. The highest BCUT2D eigenvalue weighted by molar-refractivity contribution is 5.78. The molecule has 28 heavy (non-hydrogen) atoms. The third-order valence-electron chi connectivity index (χ3n) is 4.82. The molecular formula is C20H33N3O5. The topological polar surface area (TPSA) is 93.9 Å². The van der Waals surface area contributed by atoms with Crippen LogP contribution in [0.4, 0.5) is 0 Å². The normalized spacial score (nSPS) is 15.2. The van der Waals surface area contributed by atoms with E-state index >= 15 is 0 Å². The van der Waals surface area contributed by atoms with Crippen LogP contribution in [-0.4, -0.2) is 60.7 Å². The minimum atomic E-state index is -0.161. The fourth-order valence-electron chi connectivity index (χ4n) is 3.42. The third kappa shape index (κ3) is 7.98. The highest BCUT2D eigenvalue weighted by Gasteiger charge is 2.24. The van der Waals surface area contributed by atoms with E-state index in [0.717, 1.165) is 25.7 Å². The second kappa shape index (κ2) is 12.5. The molecule has 0 atom stereocenters. The average molecular weight is 396 g/mol. The molecule has 8 heteroatoms. The molecule has 1 fully saturated rings. The lowest BCUT2D eigenvalue weighted by Crippen LogP contribution is -2.46. The van der Waals surface area contributed by atoms with E-state index in [2.05, 4.69) is 10.3 Å². The van der Waals surface area contributed by atoms with Gasteiger partial charge in [-0.25, -0.2) is 4.98 Å². The second-order valence-electron chi connectivity index (χ2n) is 7.08. The van der Waals surface area contributed by atoms with Gasteiger partial charge >= 0.3 is 0 Å². The largest absolute Gasteiger partial charge is 0.443 e. The van der Waals surface area contributed by atoms with Crippen LogP contribution in [-0.2, 0) is 25.7 Å². The highest BCUT2D eigenvalue weighted by atomic mass is 16.5. The Morgan fingerprint density at radius 3 is 2.61 bits per heavy atom. The summed E-state index contributed by atoms with van der Waals surface area (Å²) < 4.78 is 16.0. The van der Waals surface area contributed by atoms with Crippen LogP contribution in [0.5, 0.6) is 0 Å². The number of aromatic nitrogens is 1. The Hall–Kier alpha value is -1.93. The fourth-order valence-corrected chi connectivity index (χ4v) is 3.42. The molecule has 0 radical (unpaired) electrons. The van der Waals surface area contributed by atoms with Crippen molar-refractivity contribution in [3.8, 4) is 0 Å². The van der Waals surface area contributed by atoms with Crippen molar-refractivity contribution in [2.75, 3.05) is 32.9 Å². The molecule has 1 saturated carbocycles. The zero-order chi connectivity index (χ0) is 20.2. The number of hydrogen-bond donors (Lipinski definition) is 1. The lowest BCUT2D eigenvalue weighted by Gasteiger charge is -2.31. The molecule has 8 nitrogen and oxygen atoms in total. The minimum absolute atomic E-state index is 0.0230. The Kier molecular flexibility index (Phi) is 9.99. The predicted octanol–water partition coefficient (Wildman–Crippen LogP) is 2.20. The summed E-state index contributed by atoms with van der Waals surface area (Å²) >= 11 is 0. The van der Waals surface area contributed by atoms with Crippen LogP contribution in [0.3, 0.4) is 0 Å². The summed E-state index contributed by atoms with van der Waals surface area (Å²) in [5.41, 5.74) is 0. The van der Waals surface area contributed by atoms with Gasteiger partial charge in [0.05, 0.1) is 6.20 Å². The Balaban J connectivity index is 1.84. The zero-order valence-electron chi connectivity index (χ0n) is 17.1. The smallest absolute Gasteiger partial charge is 0.248 e. The second-order valence-corrected chi connectivity index (χ2v) is 7.08. The van der Waals surface area contributed by atoms with E-state index in [1.54, 1.807) is 6.20 Å². The van der Waals surface area contributed by atoms with Crippen molar-refractivity contribution < 1.29 is 23.5 Å². The van der Waals surface area contributed by atoms with Crippen molar-refractivity contribution in [1.82, 2.24) is 15.2 Å². The van der Waals surface area contributed by atoms with Crippen LogP contribution >= 0.6 is 0 Å². The summed E-state index contributed by atoms with van der Waals surface area (Å²) in [6, 6.07) is 0.200. The first-order valence-corrected chi connectivity index (χ1v) is 10.2. The number of carbonyl (C=O) groups is 2. The van der Waals surface area contributed by atoms with Gasteiger partial charge in [-0.3, -0.25) is 9.59 Å². The summed E-state index contributed by atoms with van der Waals surface area (Å²) in [5, 5.41) is 2.82. The third-order valence-corrected chi connectivity index (χ3v) is 4.82. The standard InChI is InChI=1S/C20H33N3O5/c1-3-26-13-18(24)21-10-11-23(17-8-6-4-5-7-9-17)20(25)15-27-14-19-22-12-16(2)28-19/h12,17H,3-11,13-15H2,1-2H3,(H,21,24). The number of amides is 2. The summed E-state index contributed by atoms with van der Waals surface area (Å²) in [4.78, 5) is 30.5. The lowest BCUT2D eigenvalue weighted by atomic mass is 10.1. The van der Waals surface area contributed by atoms with Gasteiger partial charge in [0.1, 0.15) is 25.6 Å². The van der Waals surface area contributed by atoms with Gasteiger partial charge in [-0.15, -0.1) is 0 Å². The maximum atomic E-state index is 12.8. The number of aryl methyl sites for hydroxylation is 1. The van der Waals surface area contributed by atoms with Crippen LogP contribution in [0.1, 0.15) is 57.1 Å². The molecule has 1 aromatic rings. The first-order chi connectivity index (χ1) is 13.6. The first kappa shape index (κ1) is 22.4. The van der Waals surface area contributed by atoms with Gasteiger partial charge in [0.15, 0.2) is 0 Å². The molecule has 0 bridgehead atoms. The van der Waals surface area contributed by atoms with Gasteiger partial charge in [0.2, 0.25) is 17.7 Å². The predicted molar refractivity (Wildman–Crippen MR) is 104 cm³/mol. The van der Waals surface area contributed by atoms with Crippen LogP contribution in [0.15, 0.2) is 10.6 Å². The number of oxazole rings is 1. The summed E-state index contributed by atoms with van der Waals surface area (Å²) in [7, 11) is 0. The minimum Gasteiger partial charge on any atom is -0.443 e. The zero-order valence-corrected chi connectivity index (χ0v) is 17.1. The van der Waals surface area contributed by atoms with Crippen LogP contribution in [0.2, 0.25) is 0 Å². The number of ether oxygens (including phenoxy) is 2. The number of hydrogen-bond acceptors (Lipinski definition) is 6. The number of nitrogens with one attached hydrogen (secondary N) is 1. The van der Waals surface area contributed by atoms with Crippen molar-refractivity contribution in [3.63, 3.8) is 0 Å². The monoisotopic (exact) mass is 395 g/mol. The SMILES string of the molecule is CCOCC(=O)NCCN(C(=O)COCc1ncc(C)o1)C1CCCCCC1. The molecule has 1 aromatic heterocycles. The maximum absolute atomic E-state index is 12.8. The molecule has 1 aliphatic rings. The molecule has 0 aromatic carbocycles. The van der Waals surface area contributed by atoms with E-state index < -0.39 is 0 Å². The molecule has 1 heterocycles. The molecule has 0 saturated heterocycles. The fraction of sp³-hybridized carbons (Fsp3) is 0.750. The van der Waals surface area contributed by atoms with Crippen LogP contribution in [0.25, 0.3) is 0 Å². The summed E-state index contributed by atoms with van der Waals surface area (Å²) in [5.74, 6) is 0.960. The van der Waals surface area contributed by atoms with Crippen molar-refractivity contribution in [2.45, 2.75) is 65.0 Å². The summed E-state index contributed by atoms with van der Waals surface area (Å²) in [6.45, 7) is 5.24. The number of nitrogens with zero attached hydrogens (tertiary/aromatic N) is 2. The van der Waals surface area contributed by atoms with E-state index in [-0.39, 0.29) is 37.7 Å². The molecule has 1 aliphatic carbocycles. The van der Waals surface area contributed by atoms with Crippen molar-refractivity contribution in [1.29, 1.82) is 0 Å². The van der Waals surface area contributed by atoms with Crippen LogP contribution < -0.4 is 5.32 Å². The molecular weight excluding hydrogens is 362 g/mol. The van der Waals surface area contributed by atoms with Gasteiger partial charge < -0.3 is 24.1 Å². The molecule has 158 valence electrons. The van der Waals surface area contributed by atoms with Crippen LogP contribution in [0, 0.1) is 6.92 Å². The van der Waals surface area contributed by atoms with Gasteiger partial charge in [-0.05, 0) is 26.7 Å². The Bertz CT molecular complexity index is 596. The molecule has 1 N–H and O–H groups in total. The first-order valence-electron chi connectivity index (χ1n) is 10.2. The molecule has 0 unspecified atom stereocenters. The van der Waals surface area contributed by atoms with Gasteiger partial charge in [-0.1, -0.05) is 25.7 Å². The van der Waals surface area contributed by atoms with E-state index in [9.17, 15) is 9.59 Å². The Labute approximate surface area is 167 Å². The lowest BCUT2D eigenvalue weighted by molar-refractivity contribution is -0.140. The van der Waals surface area contributed by atoms with Crippen molar-refractivity contribution in [2.24, 2.45) is 0 Å². The molecule has 0 spiro atoms. The average Bonchev–Trinajstić information content (AvgIpc) is 2.92. The molecule has 0 aliphatic heterocycles. The number of rotatable bonds is 11. The Morgan fingerprint density at radius 1 is 1.21 bits per heavy atom. The van der Waals surface area contributed by atoms with E-state index in [4.69, 9.17) is 13.9 Å². The quantitative estimate of drug-likeness (QED) is 0.577.